The predicted octanol–water partition coefficient (Wildman–Crippen LogP) is 4.09. The fourth-order valence-electron chi connectivity index (χ4n) is 1.72. The molecule has 0 aliphatic carbocycles. The van der Waals surface area contributed by atoms with Crippen LogP contribution in [-0.2, 0) is 4.79 Å². The lowest BCUT2D eigenvalue weighted by Gasteiger charge is -2.09. The molecule has 2 N–H and O–H groups in total. The quantitative estimate of drug-likeness (QED) is 0.868. The smallest absolute Gasteiger partial charge is 0.243 e. The van der Waals surface area contributed by atoms with Crippen molar-refractivity contribution in [3.8, 4) is 0 Å². The second kappa shape index (κ2) is 6.67. The Labute approximate surface area is 129 Å². The van der Waals surface area contributed by atoms with Crippen LogP contribution in [-0.4, -0.2) is 12.5 Å². The van der Waals surface area contributed by atoms with Gasteiger partial charge >= 0.3 is 0 Å². The number of rotatable bonds is 4. The average molecular weight is 355 g/mol. The molecular weight excluding hydrogens is 342 g/mol. The van der Waals surface area contributed by atoms with E-state index >= 15 is 0 Å². The predicted molar refractivity (Wildman–Crippen MR) is 82.4 cm³/mol. The third-order valence-electron chi connectivity index (χ3n) is 2.82. The number of anilines is 2. The molecule has 0 spiro atoms. The average Bonchev–Trinajstić information content (AvgIpc) is 2.43. The zero-order valence-corrected chi connectivity index (χ0v) is 12.8. The van der Waals surface area contributed by atoms with E-state index in [-0.39, 0.29) is 12.2 Å². The second-order valence-corrected chi connectivity index (χ2v) is 5.34. The maximum absolute atomic E-state index is 13.4. The van der Waals surface area contributed by atoms with E-state index in [1.807, 2.05) is 25.1 Å². The van der Waals surface area contributed by atoms with Crippen molar-refractivity contribution in [3.05, 3.63) is 58.1 Å². The minimum absolute atomic E-state index is 0.0160. The maximum atomic E-state index is 13.4. The summed E-state index contributed by atoms with van der Waals surface area (Å²) in [6.07, 6.45) is 0. The monoisotopic (exact) mass is 354 g/mol. The Morgan fingerprint density at radius 3 is 2.62 bits per heavy atom. The van der Waals surface area contributed by atoms with Gasteiger partial charge in [-0.2, -0.15) is 0 Å². The SMILES string of the molecule is Cc1cc(NCC(=O)Nc2ccc(F)cc2F)ccc1Br. The zero-order chi connectivity index (χ0) is 15.4. The third-order valence-corrected chi connectivity index (χ3v) is 3.71. The summed E-state index contributed by atoms with van der Waals surface area (Å²) in [4.78, 5) is 11.7. The number of hydrogen-bond donors (Lipinski definition) is 2. The highest BCUT2D eigenvalue weighted by atomic mass is 79.9. The van der Waals surface area contributed by atoms with Gasteiger partial charge in [0.15, 0.2) is 0 Å². The molecule has 0 bridgehead atoms. The van der Waals surface area contributed by atoms with Gasteiger partial charge in [-0.1, -0.05) is 15.9 Å². The topological polar surface area (TPSA) is 41.1 Å². The summed E-state index contributed by atoms with van der Waals surface area (Å²) >= 11 is 3.39. The van der Waals surface area contributed by atoms with Gasteiger partial charge in [0, 0.05) is 16.2 Å². The molecule has 0 heterocycles. The normalized spacial score (nSPS) is 10.3. The summed E-state index contributed by atoms with van der Waals surface area (Å²) in [5.41, 5.74) is 1.77. The molecule has 21 heavy (non-hydrogen) atoms. The van der Waals surface area contributed by atoms with Crippen molar-refractivity contribution in [2.24, 2.45) is 0 Å². The number of halogens is 3. The van der Waals surface area contributed by atoms with Crippen molar-refractivity contribution in [2.75, 3.05) is 17.2 Å². The molecule has 0 fully saturated rings. The van der Waals surface area contributed by atoms with E-state index in [4.69, 9.17) is 0 Å². The molecular formula is C15H13BrF2N2O. The molecule has 110 valence electrons. The molecule has 1 amide bonds. The van der Waals surface area contributed by atoms with Gasteiger partial charge in [0.05, 0.1) is 12.2 Å². The third kappa shape index (κ3) is 4.26. The molecule has 0 saturated heterocycles. The van der Waals surface area contributed by atoms with Crippen molar-refractivity contribution in [3.63, 3.8) is 0 Å². The van der Waals surface area contributed by atoms with Crippen LogP contribution in [0.3, 0.4) is 0 Å². The van der Waals surface area contributed by atoms with Gasteiger partial charge in [-0.05, 0) is 42.8 Å². The second-order valence-electron chi connectivity index (χ2n) is 4.49. The number of benzene rings is 2. The van der Waals surface area contributed by atoms with E-state index in [0.29, 0.717) is 0 Å². The van der Waals surface area contributed by atoms with Gasteiger partial charge in [0.25, 0.3) is 0 Å². The highest BCUT2D eigenvalue weighted by Crippen LogP contribution is 2.20. The van der Waals surface area contributed by atoms with Crippen LogP contribution >= 0.6 is 15.9 Å². The van der Waals surface area contributed by atoms with E-state index in [1.165, 1.54) is 6.07 Å². The number of nitrogens with one attached hydrogen (secondary N) is 2. The first-order chi connectivity index (χ1) is 9.95. The Balaban J connectivity index is 1.94. The zero-order valence-electron chi connectivity index (χ0n) is 11.2. The Morgan fingerprint density at radius 1 is 1.19 bits per heavy atom. The number of carbonyl (C=O) groups is 1. The summed E-state index contributed by atoms with van der Waals surface area (Å²) in [5.74, 6) is -1.90. The Morgan fingerprint density at radius 2 is 1.95 bits per heavy atom. The van der Waals surface area contributed by atoms with Crippen molar-refractivity contribution >= 4 is 33.2 Å². The molecule has 2 aromatic rings. The Kier molecular flexibility index (Phi) is 4.90. The van der Waals surface area contributed by atoms with Crippen LogP contribution in [0.25, 0.3) is 0 Å². The summed E-state index contributed by atoms with van der Waals surface area (Å²) in [7, 11) is 0. The Bertz CT molecular complexity index is 677. The van der Waals surface area contributed by atoms with Crippen molar-refractivity contribution in [1.29, 1.82) is 0 Å². The molecule has 0 unspecified atom stereocenters. The van der Waals surface area contributed by atoms with Gasteiger partial charge in [-0.25, -0.2) is 8.78 Å². The van der Waals surface area contributed by atoms with E-state index in [2.05, 4.69) is 26.6 Å². The van der Waals surface area contributed by atoms with Crippen LogP contribution < -0.4 is 10.6 Å². The Hall–Kier alpha value is -1.95. The molecule has 6 heteroatoms. The fourth-order valence-corrected chi connectivity index (χ4v) is 1.97. The number of amides is 1. The van der Waals surface area contributed by atoms with E-state index in [1.54, 1.807) is 0 Å². The number of hydrogen-bond acceptors (Lipinski definition) is 2. The van der Waals surface area contributed by atoms with Crippen molar-refractivity contribution in [2.45, 2.75) is 6.92 Å². The number of aryl methyl sites for hydroxylation is 1. The summed E-state index contributed by atoms with van der Waals surface area (Å²) in [6.45, 7) is 1.92. The van der Waals surface area contributed by atoms with Crippen molar-refractivity contribution in [1.82, 2.24) is 0 Å². The molecule has 2 rings (SSSR count). The molecule has 0 radical (unpaired) electrons. The highest BCUT2D eigenvalue weighted by molar-refractivity contribution is 9.10. The lowest BCUT2D eigenvalue weighted by atomic mass is 10.2. The standard InChI is InChI=1S/C15H13BrF2N2O/c1-9-6-11(3-4-12(9)16)19-8-15(21)20-14-5-2-10(17)7-13(14)18/h2-7,19H,8H2,1H3,(H,20,21). The van der Waals surface area contributed by atoms with E-state index < -0.39 is 17.5 Å². The molecule has 0 atom stereocenters. The lowest BCUT2D eigenvalue weighted by molar-refractivity contribution is -0.114. The summed E-state index contributed by atoms with van der Waals surface area (Å²) in [5, 5.41) is 5.32. The largest absolute Gasteiger partial charge is 0.376 e. The first kappa shape index (κ1) is 15.4. The van der Waals surface area contributed by atoms with Crippen LogP contribution in [0.15, 0.2) is 40.9 Å². The summed E-state index contributed by atoms with van der Waals surface area (Å²) < 4.78 is 27.1. The van der Waals surface area contributed by atoms with Crippen LogP contribution in [0.4, 0.5) is 20.2 Å². The van der Waals surface area contributed by atoms with Crippen LogP contribution in [0.2, 0.25) is 0 Å². The molecule has 0 aromatic heterocycles. The first-order valence-electron chi connectivity index (χ1n) is 6.20. The molecule has 0 aliphatic heterocycles. The molecule has 0 saturated carbocycles. The minimum Gasteiger partial charge on any atom is -0.376 e. The van der Waals surface area contributed by atoms with Gasteiger partial charge in [-0.15, -0.1) is 0 Å². The van der Waals surface area contributed by atoms with Crippen LogP contribution in [0, 0.1) is 18.6 Å². The molecule has 0 aliphatic rings. The number of carbonyl (C=O) groups excluding carboxylic acids is 1. The van der Waals surface area contributed by atoms with E-state index in [0.717, 1.165) is 27.9 Å². The highest BCUT2D eigenvalue weighted by Gasteiger charge is 2.08. The van der Waals surface area contributed by atoms with Gasteiger partial charge in [0.1, 0.15) is 11.6 Å². The van der Waals surface area contributed by atoms with Crippen molar-refractivity contribution < 1.29 is 13.6 Å². The molecule has 3 nitrogen and oxygen atoms in total. The summed E-state index contributed by atoms with van der Waals surface area (Å²) in [6, 6.07) is 8.57. The fraction of sp³-hybridized carbons (Fsp3) is 0.133. The maximum Gasteiger partial charge on any atom is 0.243 e. The molecule has 2 aromatic carbocycles. The van der Waals surface area contributed by atoms with Gasteiger partial charge < -0.3 is 10.6 Å². The van der Waals surface area contributed by atoms with Gasteiger partial charge in [-0.3, -0.25) is 4.79 Å². The van der Waals surface area contributed by atoms with Crippen LogP contribution in [0.1, 0.15) is 5.56 Å². The minimum atomic E-state index is -0.803. The lowest BCUT2D eigenvalue weighted by Crippen LogP contribution is -2.22. The van der Waals surface area contributed by atoms with E-state index in [9.17, 15) is 13.6 Å². The first-order valence-corrected chi connectivity index (χ1v) is 7.00. The van der Waals surface area contributed by atoms with Crippen LogP contribution in [0.5, 0.6) is 0 Å². The van der Waals surface area contributed by atoms with Gasteiger partial charge in [0.2, 0.25) is 5.91 Å².